The van der Waals surface area contributed by atoms with Gasteiger partial charge in [-0.15, -0.1) is 0 Å². The highest BCUT2D eigenvalue weighted by molar-refractivity contribution is 5.93. The van der Waals surface area contributed by atoms with Crippen molar-refractivity contribution in [2.45, 2.75) is 48.0 Å². The second-order valence-corrected chi connectivity index (χ2v) is 5.64. The van der Waals surface area contributed by atoms with Crippen LogP contribution >= 0.6 is 0 Å². The molecule has 0 fully saturated rings. The Hall–Kier alpha value is -3.82. The molecular formula is C23H31F2N3O5. The van der Waals surface area contributed by atoms with E-state index in [0.717, 1.165) is 12.1 Å². The molecule has 0 unspecified atom stereocenters. The summed E-state index contributed by atoms with van der Waals surface area (Å²) in [5.74, 6) is -2.54. The lowest BCUT2D eigenvalue weighted by Gasteiger charge is -1.99. The summed E-state index contributed by atoms with van der Waals surface area (Å²) < 4.78 is 25.7. The van der Waals surface area contributed by atoms with Crippen LogP contribution in [0.2, 0.25) is 0 Å². The maximum Gasteiger partial charge on any atom is 0.340 e. The monoisotopic (exact) mass is 467 g/mol. The Morgan fingerprint density at radius 2 is 1.42 bits per heavy atom. The van der Waals surface area contributed by atoms with Crippen LogP contribution in [0.15, 0.2) is 46.0 Å². The average Bonchev–Trinajstić information content (AvgIpc) is 2.76. The minimum atomic E-state index is -1.35. The summed E-state index contributed by atoms with van der Waals surface area (Å²) in [5, 5.41) is 8.30. The average molecular weight is 468 g/mol. The van der Waals surface area contributed by atoms with Gasteiger partial charge in [0.15, 0.2) is 0 Å². The number of Topliss-reactive ketones (excluding diaryl/α,β-unsaturated/α-hetero) is 1. The molecule has 182 valence electrons. The fourth-order valence-electron chi connectivity index (χ4n) is 1.94. The van der Waals surface area contributed by atoms with Gasteiger partial charge in [0, 0.05) is 12.1 Å². The summed E-state index contributed by atoms with van der Waals surface area (Å²) in [6.45, 7) is 11.4. The van der Waals surface area contributed by atoms with Gasteiger partial charge in [0.1, 0.15) is 23.0 Å². The number of H-pyrrole nitrogens is 2. The van der Waals surface area contributed by atoms with Crippen LogP contribution in [0.25, 0.3) is 10.9 Å². The molecule has 2 aromatic carbocycles. The Labute approximate surface area is 190 Å². The number of fused-ring (bicyclic) bond motifs is 1. The molecule has 0 saturated heterocycles. The molecule has 8 nitrogen and oxygen atoms in total. The maximum atomic E-state index is 13.0. The number of aromatic nitrogens is 2. The summed E-state index contributed by atoms with van der Waals surface area (Å²) in [6.07, 6.45) is 0.667. The zero-order chi connectivity index (χ0) is 26.1. The first-order chi connectivity index (χ1) is 15.6. The number of nitrogen functional groups attached to an aromatic ring is 1. The zero-order valence-electron chi connectivity index (χ0n) is 19.6. The largest absolute Gasteiger partial charge is 0.478 e. The predicted octanol–water partition coefficient (Wildman–Crippen LogP) is 4.50. The topological polar surface area (TPSA) is 146 Å². The molecule has 0 atom stereocenters. The molecule has 5 N–H and O–H groups in total. The lowest BCUT2D eigenvalue weighted by Crippen LogP contribution is -2.22. The summed E-state index contributed by atoms with van der Waals surface area (Å²) in [5.41, 5.74) is 3.53. The van der Waals surface area contributed by atoms with Crippen LogP contribution in [0.3, 0.4) is 0 Å². The highest BCUT2D eigenvalue weighted by Crippen LogP contribution is 2.14. The number of hydrogen-bond donors (Lipinski definition) is 4. The van der Waals surface area contributed by atoms with Gasteiger partial charge in [0.25, 0.3) is 5.56 Å². The normalized spacial score (nSPS) is 8.85. The van der Waals surface area contributed by atoms with E-state index in [4.69, 9.17) is 10.8 Å². The van der Waals surface area contributed by atoms with E-state index in [-0.39, 0.29) is 22.4 Å². The third kappa shape index (κ3) is 10.9. The van der Waals surface area contributed by atoms with Gasteiger partial charge < -0.3 is 20.6 Å². The van der Waals surface area contributed by atoms with E-state index in [0.29, 0.717) is 6.42 Å². The van der Waals surface area contributed by atoms with Gasteiger partial charge in [-0.05, 0) is 31.2 Å². The lowest BCUT2D eigenvalue weighted by atomic mass is 10.2. The molecule has 1 aromatic heterocycles. The molecule has 0 radical (unpaired) electrons. The van der Waals surface area contributed by atoms with E-state index in [1.807, 2.05) is 39.6 Å². The molecule has 0 amide bonds. The van der Waals surface area contributed by atoms with Gasteiger partial charge in [-0.1, -0.05) is 46.8 Å². The van der Waals surface area contributed by atoms with Gasteiger partial charge in [-0.3, -0.25) is 9.78 Å². The number of ketones is 1. The van der Waals surface area contributed by atoms with Gasteiger partial charge in [0.05, 0.1) is 10.9 Å². The molecule has 3 rings (SSSR count). The third-order valence-electron chi connectivity index (χ3n) is 3.47. The van der Waals surface area contributed by atoms with Gasteiger partial charge in [0.2, 0.25) is 0 Å². The quantitative estimate of drug-likeness (QED) is 0.408. The van der Waals surface area contributed by atoms with Crippen LogP contribution in [0.4, 0.5) is 14.5 Å². The predicted molar refractivity (Wildman–Crippen MR) is 127 cm³/mol. The van der Waals surface area contributed by atoms with Crippen LogP contribution in [-0.2, 0) is 4.79 Å². The van der Waals surface area contributed by atoms with E-state index < -0.39 is 34.4 Å². The number of carboxylic acid groups (broad SMARTS) is 1. The first kappa shape index (κ1) is 31.4. The van der Waals surface area contributed by atoms with Crippen molar-refractivity contribution in [3.05, 3.63) is 74.4 Å². The number of carboxylic acids is 1. The van der Waals surface area contributed by atoms with Gasteiger partial charge in [-0.2, -0.15) is 0 Å². The highest BCUT2D eigenvalue weighted by Gasteiger charge is 2.12. The van der Waals surface area contributed by atoms with Crippen LogP contribution in [0.1, 0.15) is 58.3 Å². The third-order valence-corrected chi connectivity index (χ3v) is 3.47. The van der Waals surface area contributed by atoms with Crippen LogP contribution in [0.5, 0.6) is 0 Å². The number of halogens is 2. The Morgan fingerprint density at radius 1 is 0.939 bits per heavy atom. The number of nitrogens with one attached hydrogen (secondary N) is 2. The number of aromatic amines is 2. The molecular weight excluding hydrogens is 436 g/mol. The van der Waals surface area contributed by atoms with E-state index >= 15 is 0 Å². The number of carbonyl (C=O) groups is 2. The molecule has 1 heterocycles. The summed E-state index contributed by atoms with van der Waals surface area (Å²) in [6, 6.07) is 7.81. The Kier molecular flexibility index (Phi) is 16.0. The molecule has 0 aliphatic carbocycles. The maximum absolute atomic E-state index is 13.0. The number of carbonyl (C=O) groups excluding carboxylic acids is 1. The van der Waals surface area contributed by atoms with Gasteiger partial charge in [-0.25, -0.2) is 18.4 Å². The Morgan fingerprint density at radius 3 is 1.85 bits per heavy atom. The van der Waals surface area contributed by atoms with Crippen molar-refractivity contribution in [2.24, 2.45) is 0 Å². The number of benzene rings is 2. The first-order valence-corrected chi connectivity index (χ1v) is 10.3. The molecule has 0 aliphatic heterocycles. The van der Waals surface area contributed by atoms with Crippen molar-refractivity contribution in [1.29, 1.82) is 0 Å². The van der Waals surface area contributed by atoms with Gasteiger partial charge >= 0.3 is 11.7 Å². The molecule has 0 bridgehead atoms. The zero-order valence-corrected chi connectivity index (χ0v) is 19.6. The SMILES string of the molecule is CC.CC.CCC(C)=O.Nc1cccc(F)c1C(=O)O.O=c1[nH]c(=O)c2c(F)cccc2[nH]1. The summed E-state index contributed by atoms with van der Waals surface area (Å²) in [7, 11) is 0. The van der Waals surface area contributed by atoms with Crippen molar-refractivity contribution in [1.82, 2.24) is 9.97 Å². The molecule has 3 aromatic rings. The summed E-state index contributed by atoms with van der Waals surface area (Å²) >= 11 is 0. The van der Waals surface area contributed by atoms with Crippen LogP contribution in [0, 0.1) is 11.6 Å². The lowest BCUT2D eigenvalue weighted by molar-refractivity contribution is -0.116. The molecule has 0 saturated carbocycles. The summed E-state index contributed by atoms with van der Waals surface area (Å²) in [4.78, 5) is 46.3. The fourth-order valence-corrected chi connectivity index (χ4v) is 1.94. The standard InChI is InChI=1S/C8H5FN2O2.C7H6FNO2.C4H8O.2C2H6/c9-4-2-1-3-5-6(4)7(12)11-8(13)10-5;8-4-2-1-3-5(9)6(4)7(10)11;1-3-4(2)5;2*1-2/h1-3H,(H2,10,11,12,13);1-3H,9H2,(H,10,11);3H2,1-2H3;2*1-2H3. The number of hydrogen-bond acceptors (Lipinski definition) is 5. The minimum absolute atomic E-state index is 0.0579. The second-order valence-electron chi connectivity index (χ2n) is 5.64. The van der Waals surface area contributed by atoms with E-state index in [9.17, 15) is 28.0 Å². The van der Waals surface area contributed by atoms with Crippen molar-refractivity contribution in [2.75, 3.05) is 5.73 Å². The second kappa shape index (κ2) is 16.8. The fraction of sp³-hybridized carbons (Fsp3) is 0.304. The van der Waals surface area contributed by atoms with Crippen molar-refractivity contribution < 1.29 is 23.5 Å². The minimum Gasteiger partial charge on any atom is -0.478 e. The highest BCUT2D eigenvalue weighted by atomic mass is 19.1. The van der Waals surface area contributed by atoms with E-state index in [1.165, 1.54) is 24.3 Å². The number of rotatable bonds is 2. The number of aromatic carboxylic acids is 1. The molecule has 0 aliphatic rings. The van der Waals surface area contributed by atoms with Crippen molar-refractivity contribution in [3.8, 4) is 0 Å². The van der Waals surface area contributed by atoms with Crippen molar-refractivity contribution in [3.63, 3.8) is 0 Å². The molecule has 33 heavy (non-hydrogen) atoms. The van der Waals surface area contributed by atoms with Crippen LogP contribution in [-0.4, -0.2) is 26.8 Å². The Balaban J connectivity index is 0. The Bertz CT molecular complexity index is 1120. The number of anilines is 1. The van der Waals surface area contributed by atoms with Crippen molar-refractivity contribution >= 4 is 28.3 Å². The molecule has 10 heteroatoms. The first-order valence-electron chi connectivity index (χ1n) is 10.3. The van der Waals surface area contributed by atoms with Crippen LogP contribution < -0.4 is 17.0 Å². The molecule has 0 spiro atoms. The number of nitrogens with two attached hydrogens (primary N) is 1. The smallest absolute Gasteiger partial charge is 0.340 e. The van der Waals surface area contributed by atoms with E-state index in [1.54, 1.807) is 6.92 Å². The van der Waals surface area contributed by atoms with E-state index in [2.05, 4.69) is 4.98 Å².